The van der Waals surface area contributed by atoms with Crippen molar-refractivity contribution in [3.05, 3.63) is 33.7 Å². The first-order valence-corrected chi connectivity index (χ1v) is 7.28. The van der Waals surface area contributed by atoms with Gasteiger partial charge < -0.3 is 4.90 Å². The van der Waals surface area contributed by atoms with Crippen LogP contribution in [0.3, 0.4) is 0 Å². The molecule has 1 N–H and O–H groups in total. The normalized spacial score (nSPS) is 20.1. The number of nitrogens with one attached hydrogen (secondary N) is 1. The van der Waals surface area contributed by atoms with Crippen LogP contribution in [0.4, 0.5) is 5.69 Å². The van der Waals surface area contributed by atoms with Crippen LogP contribution in [0.2, 0.25) is 0 Å². The van der Waals surface area contributed by atoms with Crippen LogP contribution in [0.25, 0.3) is 10.8 Å². The second kappa shape index (κ2) is 3.72. The summed E-state index contributed by atoms with van der Waals surface area (Å²) in [7, 11) is 0. The standard InChI is InChI=1S/C16H17N3O2/c1-8-10-6-12-13(7-11(10)14(20)18-17-8)19(9-4-5-9)15(21)16(12,2)3/h6-7,9H,4-5H2,1-3H3,(H,18,20). The average molecular weight is 283 g/mol. The number of hydrogen-bond acceptors (Lipinski definition) is 3. The van der Waals surface area contributed by atoms with E-state index in [4.69, 9.17) is 0 Å². The van der Waals surface area contributed by atoms with Crippen LogP contribution in [0.1, 0.15) is 37.9 Å². The fourth-order valence-corrected chi connectivity index (χ4v) is 3.25. The molecule has 2 aromatic rings. The van der Waals surface area contributed by atoms with E-state index in [-0.39, 0.29) is 11.5 Å². The molecular weight excluding hydrogens is 266 g/mol. The van der Waals surface area contributed by atoms with E-state index in [1.165, 1.54) is 0 Å². The zero-order valence-corrected chi connectivity index (χ0v) is 12.4. The molecule has 2 aliphatic rings. The first-order chi connectivity index (χ1) is 9.91. The van der Waals surface area contributed by atoms with Gasteiger partial charge in [0.2, 0.25) is 5.91 Å². The predicted molar refractivity (Wildman–Crippen MR) is 80.6 cm³/mol. The third kappa shape index (κ3) is 1.54. The molecule has 1 saturated carbocycles. The van der Waals surface area contributed by atoms with Crippen LogP contribution < -0.4 is 10.5 Å². The molecule has 4 rings (SSSR count). The van der Waals surface area contributed by atoms with E-state index in [1.54, 1.807) is 0 Å². The number of aromatic nitrogens is 2. The molecule has 1 aromatic heterocycles. The van der Waals surface area contributed by atoms with E-state index in [1.807, 2.05) is 37.8 Å². The highest BCUT2D eigenvalue weighted by atomic mass is 16.2. The maximum Gasteiger partial charge on any atom is 0.272 e. The van der Waals surface area contributed by atoms with Crippen molar-refractivity contribution in [2.24, 2.45) is 0 Å². The molecule has 5 heteroatoms. The fourth-order valence-electron chi connectivity index (χ4n) is 3.25. The van der Waals surface area contributed by atoms with E-state index in [0.29, 0.717) is 11.4 Å². The van der Waals surface area contributed by atoms with Gasteiger partial charge in [-0.15, -0.1) is 0 Å². The summed E-state index contributed by atoms with van der Waals surface area (Å²) in [6.07, 6.45) is 2.09. The van der Waals surface area contributed by atoms with Crippen molar-refractivity contribution >= 4 is 22.4 Å². The molecule has 21 heavy (non-hydrogen) atoms. The van der Waals surface area contributed by atoms with E-state index in [2.05, 4.69) is 10.2 Å². The van der Waals surface area contributed by atoms with E-state index < -0.39 is 5.41 Å². The Balaban J connectivity index is 2.09. The third-order valence-electron chi connectivity index (χ3n) is 4.69. The number of H-pyrrole nitrogens is 1. The van der Waals surface area contributed by atoms with Gasteiger partial charge in [0, 0.05) is 17.1 Å². The molecule has 108 valence electrons. The van der Waals surface area contributed by atoms with Crippen molar-refractivity contribution in [3.8, 4) is 0 Å². The van der Waals surface area contributed by atoms with Gasteiger partial charge in [-0.3, -0.25) is 9.59 Å². The Hall–Kier alpha value is -2.17. The molecule has 2 heterocycles. The highest BCUT2D eigenvalue weighted by Crippen LogP contribution is 2.47. The number of amides is 1. The number of carbonyl (C=O) groups is 1. The van der Waals surface area contributed by atoms with Crippen molar-refractivity contribution in [1.82, 2.24) is 10.2 Å². The quantitative estimate of drug-likeness (QED) is 0.870. The van der Waals surface area contributed by atoms with Gasteiger partial charge in [0.05, 0.1) is 16.5 Å². The molecule has 0 radical (unpaired) electrons. The summed E-state index contributed by atoms with van der Waals surface area (Å²) in [6.45, 7) is 5.78. The summed E-state index contributed by atoms with van der Waals surface area (Å²) in [6, 6.07) is 4.14. The van der Waals surface area contributed by atoms with Crippen LogP contribution >= 0.6 is 0 Å². The zero-order valence-electron chi connectivity index (χ0n) is 12.4. The molecule has 1 aromatic carbocycles. The summed E-state index contributed by atoms with van der Waals surface area (Å²) >= 11 is 0. The van der Waals surface area contributed by atoms with Gasteiger partial charge in [-0.05, 0) is 51.3 Å². The Morgan fingerprint density at radius 2 is 1.95 bits per heavy atom. The SMILES string of the molecule is Cc1n[nH]c(=O)c2cc3c(cc12)C(C)(C)C(=O)N3C1CC1. The van der Waals surface area contributed by atoms with Gasteiger partial charge in [-0.25, -0.2) is 5.10 Å². The monoisotopic (exact) mass is 283 g/mol. The second-order valence-electron chi connectivity index (χ2n) is 6.58. The van der Waals surface area contributed by atoms with Crippen molar-refractivity contribution in [1.29, 1.82) is 0 Å². The van der Waals surface area contributed by atoms with Crippen LogP contribution in [0.15, 0.2) is 16.9 Å². The van der Waals surface area contributed by atoms with E-state index in [9.17, 15) is 9.59 Å². The molecule has 1 fully saturated rings. The lowest BCUT2D eigenvalue weighted by Crippen LogP contribution is -2.37. The fraction of sp³-hybridized carbons (Fsp3) is 0.438. The largest absolute Gasteiger partial charge is 0.308 e. The first-order valence-electron chi connectivity index (χ1n) is 7.28. The second-order valence-corrected chi connectivity index (χ2v) is 6.58. The maximum absolute atomic E-state index is 12.7. The van der Waals surface area contributed by atoms with Crippen LogP contribution in [0, 0.1) is 6.92 Å². The van der Waals surface area contributed by atoms with Crippen molar-refractivity contribution in [2.75, 3.05) is 4.90 Å². The van der Waals surface area contributed by atoms with E-state index >= 15 is 0 Å². The Morgan fingerprint density at radius 3 is 2.62 bits per heavy atom. The van der Waals surface area contributed by atoms with Crippen LogP contribution in [0.5, 0.6) is 0 Å². The Labute approximate surface area is 122 Å². The number of hydrogen-bond donors (Lipinski definition) is 1. The number of carbonyl (C=O) groups excluding carboxylic acids is 1. The van der Waals surface area contributed by atoms with Gasteiger partial charge in [0.1, 0.15) is 0 Å². The first kappa shape index (κ1) is 12.6. The summed E-state index contributed by atoms with van der Waals surface area (Å²) in [5, 5.41) is 7.98. The molecule has 1 amide bonds. The smallest absolute Gasteiger partial charge is 0.272 e. The van der Waals surface area contributed by atoms with E-state index in [0.717, 1.165) is 35.2 Å². The summed E-state index contributed by atoms with van der Waals surface area (Å²) in [4.78, 5) is 26.7. The van der Waals surface area contributed by atoms with Crippen molar-refractivity contribution in [2.45, 2.75) is 45.1 Å². The number of anilines is 1. The number of nitrogens with zero attached hydrogens (tertiary/aromatic N) is 2. The third-order valence-corrected chi connectivity index (χ3v) is 4.69. The minimum atomic E-state index is -0.541. The summed E-state index contributed by atoms with van der Waals surface area (Å²) < 4.78 is 0. The van der Waals surface area contributed by atoms with Crippen molar-refractivity contribution in [3.63, 3.8) is 0 Å². The average Bonchev–Trinajstić information content (AvgIpc) is 3.24. The Bertz CT molecular complexity index is 846. The Kier molecular flexibility index (Phi) is 2.23. The number of rotatable bonds is 1. The molecule has 0 bridgehead atoms. The molecule has 0 unspecified atom stereocenters. The molecular formula is C16H17N3O2. The minimum Gasteiger partial charge on any atom is -0.308 e. The molecule has 0 atom stereocenters. The number of aryl methyl sites for hydroxylation is 1. The number of benzene rings is 1. The highest BCUT2D eigenvalue weighted by Gasteiger charge is 2.49. The summed E-state index contributed by atoms with van der Waals surface area (Å²) in [5.74, 6) is 0.136. The van der Waals surface area contributed by atoms with Crippen LogP contribution in [-0.4, -0.2) is 22.1 Å². The molecule has 0 saturated heterocycles. The molecule has 1 aliphatic carbocycles. The number of fused-ring (bicyclic) bond motifs is 2. The van der Waals surface area contributed by atoms with Crippen LogP contribution in [-0.2, 0) is 10.2 Å². The molecule has 0 spiro atoms. The maximum atomic E-state index is 12.7. The summed E-state index contributed by atoms with van der Waals surface area (Å²) in [5.41, 5.74) is 1.94. The Morgan fingerprint density at radius 1 is 1.24 bits per heavy atom. The molecule has 1 aliphatic heterocycles. The lowest BCUT2D eigenvalue weighted by Gasteiger charge is -2.19. The number of aromatic amines is 1. The van der Waals surface area contributed by atoms with Gasteiger partial charge in [-0.1, -0.05) is 0 Å². The zero-order chi connectivity index (χ0) is 14.9. The van der Waals surface area contributed by atoms with Gasteiger partial charge in [0.25, 0.3) is 5.56 Å². The minimum absolute atomic E-state index is 0.136. The highest BCUT2D eigenvalue weighted by molar-refractivity contribution is 6.10. The van der Waals surface area contributed by atoms with Gasteiger partial charge >= 0.3 is 0 Å². The lowest BCUT2D eigenvalue weighted by molar-refractivity contribution is -0.122. The topological polar surface area (TPSA) is 66.1 Å². The predicted octanol–water partition coefficient (Wildman–Crippen LogP) is 2.02. The molecule has 5 nitrogen and oxygen atoms in total. The lowest BCUT2D eigenvalue weighted by atomic mass is 9.85. The van der Waals surface area contributed by atoms with Gasteiger partial charge in [-0.2, -0.15) is 5.10 Å². The van der Waals surface area contributed by atoms with Gasteiger partial charge in [0.15, 0.2) is 0 Å². The van der Waals surface area contributed by atoms with Crippen molar-refractivity contribution < 1.29 is 4.79 Å².